The van der Waals surface area contributed by atoms with Crippen LogP contribution in [-0.4, -0.2) is 12.5 Å². The minimum Gasteiger partial charge on any atom is -0.481 e. The first-order valence-corrected chi connectivity index (χ1v) is 7.83. The van der Waals surface area contributed by atoms with Crippen molar-refractivity contribution in [1.29, 1.82) is 0 Å². The second-order valence-electron chi connectivity index (χ2n) is 4.38. The zero-order chi connectivity index (χ0) is 16.1. The van der Waals surface area contributed by atoms with Gasteiger partial charge in [0.05, 0.1) is 0 Å². The van der Waals surface area contributed by atoms with Crippen molar-refractivity contribution in [2.75, 3.05) is 6.61 Å². The summed E-state index contributed by atoms with van der Waals surface area (Å²) in [6, 6.07) is 8.71. The van der Waals surface area contributed by atoms with Crippen molar-refractivity contribution in [3.63, 3.8) is 0 Å². The van der Waals surface area contributed by atoms with E-state index >= 15 is 0 Å². The van der Waals surface area contributed by atoms with E-state index in [-0.39, 0.29) is 18.9 Å². The van der Waals surface area contributed by atoms with Gasteiger partial charge in [0.25, 0.3) is 5.91 Å². The zero-order valence-electron chi connectivity index (χ0n) is 11.2. The zero-order valence-corrected chi connectivity index (χ0v) is 14.4. The largest absolute Gasteiger partial charge is 0.481 e. The van der Waals surface area contributed by atoms with Crippen LogP contribution < -0.4 is 10.1 Å². The monoisotopic (exact) mass is 433 g/mol. The summed E-state index contributed by atoms with van der Waals surface area (Å²) in [4.78, 5) is 11.7. The molecule has 0 heterocycles. The minimum absolute atomic E-state index is 0.0213. The van der Waals surface area contributed by atoms with Crippen molar-refractivity contribution in [3.05, 3.63) is 62.5 Å². The Bertz CT molecular complexity index is 695. The third-order valence-corrected chi connectivity index (χ3v) is 3.72. The van der Waals surface area contributed by atoms with Crippen molar-refractivity contribution in [2.45, 2.75) is 6.54 Å². The summed E-state index contributed by atoms with van der Waals surface area (Å²) in [6.45, 7) is -0.329. The first kappa shape index (κ1) is 16.9. The molecule has 22 heavy (non-hydrogen) atoms. The number of amides is 1. The lowest BCUT2D eigenvalue weighted by molar-refractivity contribution is -0.123. The Morgan fingerprint density at radius 2 is 1.73 bits per heavy atom. The van der Waals surface area contributed by atoms with Gasteiger partial charge in [0.2, 0.25) is 0 Å². The van der Waals surface area contributed by atoms with Crippen molar-refractivity contribution in [1.82, 2.24) is 5.32 Å². The molecular formula is C15H11Br2F2NO2. The number of carbonyl (C=O) groups excluding carboxylic acids is 1. The summed E-state index contributed by atoms with van der Waals surface area (Å²) in [7, 11) is 0. The van der Waals surface area contributed by atoms with E-state index < -0.39 is 17.5 Å². The third-order valence-electron chi connectivity index (χ3n) is 2.74. The molecule has 1 N–H and O–H groups in total. The predicted octanol–water partition coefficient (Wildman–Crippen LogP) is 4.19. The number of rotatable bonds is 5. The Kier molecular flexibility index (Phi) is 5.90. The molecule has 0 bridgehead atoms. The molecule has 0 aliphatic carbocycles. The lowest BCUT2D eigenvalue weighted by Gasteiger charge is -2.09. The molecule has 0 aliphatic rings. The van der Waals surface area contributed by atoms with Gasteiger partial charge in [0, 0.05) is 21.1 Å². The van der Waals surface area contributed by atoms with Crippen LogP contribution in [0.25, 0.3) is 0 Å². The maximum Gasteiger partial charge on any atom is 0.258 e. The summed E-state index contributed by atoms with van der Waals surface area (Å²) < 4.78 is 33.4. The van der Waals surface area contributed by atoms with Crippen LogP contribution in [0, 0.1) is 11.6 Å². The van der Waals surface area contributed by atoms with Crippen molar-refractivity contribution >= 4 is 37.8 Å². The smallest absolute Gasteiger partial charge is 0.258 e. The second-order valence-corrected chi connectivity index (χ2v) is 6.21. The first-order chi connectivity index (χ1) is 10.5. The molecule has 1 amide bonds. The Labute approximate surface area is 142 Å². The summed E-state index contributed by atoms with van der Waals surface area (Å²) in [6.07, 6.45) is 0. The normalized spacial score (nSPS) is 10.4. The van der Waals surface area contributed by atoms with E-state index in [1.807, 2.05) is 0 Å². The maximum atomic E-state index is 13.5. The molecule has 7 heteroatoms. The standard InChI is InChI=1S/C15H11Br2F2NO2/c16-10-1-3-12(18)9(5-10)7-20-15(21)8-22-14-4-2-11(17)6-13(14)19/h1-6H,7-8H2,(H,20,21). The minimum atomic E-state index is -0.569. The van der Waals surface area contributed by atoms with Gasteiger partial charge in [-0.1, -0.05) is 31.9 Å². The van der Waals surface area contributed by atoms with Crippen LogP contribution in [0.15, 0.2) is 45.3 Å². The molecule has 0 radical (unpaired) electrons. The highest BCUT2D eigenvalue weighted by molar-refractivity contribution is 9.10. The molecule has 2 aromatic rings. The van der Waals surface area contributed by atoms with E-state index in [2.05, 4.69) is 37.2 Å². The van der Waals surface area contributed by atoms with Gasteiger partial charge in [0.15, 0.2) is 18.2 Å². The Balaban J connectivity index is 1.87. The van der Waals surface area contributed by atoms with E-state index in [9.17, 15) is 13.6 Å². The van der Waals surface area contributed by atoms with Crippen LogP contribution in [-0.2, 0) is 11.3 Å². The molecular weight excluding hydrogens is 424 g/mol. The number of hydrogen-bond acceptors (Lipinski definition) is 2. The highest BCUT2D eigenvalue weighted by Gasteiger charge is 2.09. The van der Waals surface area contributed by atoms with Gasteiger partial charge in [-0.25, -0.2) is 8.78 Å². The van der Waals surface area contributed by atoms with E-state index in [0.717, 1.165) is 0 Å². The summed E-state index contributed by atoms with van der Waals surface area (Å²) in [5.74, 6) is -1.47. The van der Waals surface area contributed by atoms with Crippen molar-refractivity contribution in [3.8, 4) is 5.75 Å². The lowest BCUT2D eigenvalue weighted by atomic mass is 10.2. The fraction of sp³-hybridized carbons (Fsp3) is 0.133. The molecule has 2 rings (SSSR count). The second kappa shape index (κ2) is 7.69. The number of benzene rings is 2. The Hall–Kier alpha value is -1.47. The Morgan fingerprint density at radius 1 is 1.05 bits per heavy atom. The van der Waals surface area contributed by atoms with Crippen LogP contribution >= 0.6 is 31.9 Å². The van der Waals surface area contributed by atoms with Gasteiger partial charge in [-0.05, 0) is 36.4 Å². The van der Waals surface area contributed by atoms with Crippen LogP contribution in [0.4, 0.5) is 8.78 Å². The van der Waals surface area contributed by atoms with Gasteiger partial charge in [-0.15, -0.1) is 0 Å². The number of halogens is 4. The molecule has 0 atom stereocenters. The molecule has 0 saturated heterocycles. The van der Waals surface area contributed by atoms with Crippen LogP contribution in [0.5, 0.6) is 5.75 Å². The first-order valence-electron chi connectivity index (χ1n) is 6.24. The number of carbonyl (C=O) groups is 1. The van der Waals surface area contributed by atoms with Crippen LogP contribution in [0.2, 0.25) is 0 Å². The summed E-state index contributed by atoms with van der Waals surface area (Å²) >= 11 is 6.35. The van der Waals surface area contributed by atoms with Crippen molar-refractivity contribution in [2.24, 2.45) is 0 Å². The van der Waals surface area contributed by atoms with Crippen molar-refractivity contribution < 1.29 is 18.3 Å². The lowest BCUT2D eigenvalue weighted by Crippen LogP contribution is -2.28. The molecule has 0 fully saturated rings. The van der Waals surface area contributed by atoms with Gasteiger partial charge in [0.1, 0.15) is 5.82 Å². The topological polar surface area (TPSA) is 38.3 Å². The predicted molar refractivity (Wildman–Crippen MR) is 85.5 cm³/mol. The van der Waals surface area contributed by atoms with E-state index in [1.165, 1.54) is 18.2 Å². The van der Waals surface area contributed by atoms with E-state index in [4.69, 9.17) is 4.74 Å². The SMILES string of the molecule is O=C(COc1ccc(Br)cc1F)NCc1cc(Br)ccc1F. The van der Waals surface area contributed by atoms with Gasteiger partial charge < -0.3 is 10.1 Å². The molecule has 2 aromatic carbocycles. The van der Waals surface area contributed by atoms with Gasteiger partial charge in [-0.2, -0.15) is 0 Å². The fourth-order valence-electron chi connectivity index (χ4n) is 1.66. The van der Waals surface area contributed by atoms with Crippen LogP contribution in [0.1, 0.15) is 5.56 Å². The Morgan fingerprint density at radius 3 is 2.45 bits per heavy atom. The van der Waals surface area contributed by atoms with Gasteiger partial charge >= 0.3 is 0 Å². The number of nitrogens with one attached hydrogen (secondary N) is 1. The molecule has 0 aromatic heterocycles. The fourth-order valence-corrected chi connectivity index (χ4v) is 2.40. The van der Waals surface area contributed by atoms with Gasteiger partial charge in [-0.3, -0.25) is 4.79 Å². The number of ether oxygens (including phenoxy) is 1. The summed E-state index contributed by atoms with van der Waals surface area (Å²) in [5, 5.41) is 2.51. The highest BCUT2D eigenvalue weighted by Crippen LogP contribution is 2.21. The van der Waals surface area contributed by atoms with E-state index in [0.29, 0.717) is 14.5 Å². The molecule has 0 saturated carbocycles. The molecule has 0 unspecified atom stereocenters. The molecule has 3 nitrogen and oxygen atoms in total. The molecule has 0 spiro atoms. The number of hydrogen-bond donors (Lipinski definition) is 1. The molecule has 0 aliphatic heterocycles. The average Bonchev–Trinajstić information content (AvgIpc) is 2.47. The average molecular weight is 435 g/mol. The van der Waals surface area contributed by atoms with E-state index in [1.54, 1.807) is 18.2 Å². The maximum absolute atomic E-state index is 13.5. The summed E-state index contributed by atoms with van der Waals surface area (Å²) in [5.41, 5.74) is 0.345. The third kappa shape index (κ3) is 4.78. The van der Waals surface area contributed by atoms with Crippen LogP contribution in [0.3, 0.4) is 0 Å². The quantitative estimate of drug-likeness (QED) is 0.766. The highest BCUT2D eigenvalue weighted by atomic mass is 79.9. The molecule has 116 valence electrons.